The molecule has 4 rings (SSSR count). The fraction of sp³-hybridized carbons (Fsp3) is 0.520. The minimum atomic E-state index is -1.05. The van der Waals surface area contributed by atoms with Gasteiger partial charge in [-0.2, -0.15) is 0 Å². The largest absolute Gasteiger partial charge is 0.477 e. The van der Waals surface area contributed by atoms with E-state index >= 15 is 0 Å². The topological polar surface area (TPSA) is 60.9 Å². The number of amides is 1. The lowest BCUT2D eigenvalue weighted by atomic mass is 9.82. The van der Waals surface area contributed by atoms with Crippen molar-refractivity contribution in [2.75, 3.05) is 25.0 Å². The molecule has 33 heavy (non-hydrogen) atoms. The molecule has 1 aliphatic carbocycles. The number of likely N-dealkylation sites (tertiary alicyclic amines) is 1. The van der Waals surface area contributed by atoms with Crippen LogP contribution in [0, 0.1) is 17.7 Å². The fourth-order valence-corrected chi connectivity index (χ4v) is 5.93. The molecule has 0 spiro atoms. The number of hydrogen-bond donors (Lipinski definition) is 1. The van der Waals surface area contributed by atoms with Crippen LogP contribution in [0.4, 0.5) is 10.1 Å². The summed E-state index contributed by atoms with van der Waals surface area (Å²) in [6.07, 6.45) is 5.40. The quantitative estimate of drug-likeness (QED) is 0.559. The van der Waals surface area contributed by atoms with Gasteiger partial charge in [-0.25, -0.2) is 9.18 Å². The smallest absolute Gasteiger partial charge is 0.348 e. The lowest BCUT2D eigenvalue weighted by molar-refractivity contribution is -0.124. The number of aromatic carboxylic acids is 1. The molecule has 0 atom stereocenters. The normalized spacial score (nSPS) is 21.9. The minimum absolute atomic E-state index is 0. The summed E-state index contributed by atoms with van der Waals surface area (Å²) < 4.78 is 13.8. The summed E-state index contributed by atoms with van der Waals surface area (Å²) in [4.78, 5) is 30.9. The summed E-state index contributed by atoms with van der Waals surface area (Å²) in [6.45, 7) is 3.97. The Morgan fingerprint density at radius 1 is 1.09 bits per heavy atom. The first-order valence-electron chi connectivity index (χ1n) is 11.5. The van der Waals surface area contributed by atoms with Crippen molar-refractivity contribution >= 4 is 41.3 Å². The zero-order valence-corrected chi connectivity index (χ0v) is 20.8. The molecule has 2 aromatic rings. The van der Waals surface area contributed by atoms with Crippen LogP contribution in [0.1, 0.15) is 55.1 Å². The van der Waals surface area contributed by atoms with Gasteiger partial charge in [-0.15, -0.1) is 23.7 Å². The molecule has 0 bridgehead atoms. The molecule has 180 valence electrons. The van der Waals surface area contributed by atoms with Crippen molar-refractivity contribution < 1.29 is 19.1 Å². The van der Waals surface area contributed by atoms with Gasteiger partial charge in [0.1, 0.15) is 10.7 Å². The molecule has 5 nitrogen and oxygen atoms in total. The third-order valence-corrected chi connectivity index (χ3v) is 8.09. The Labute approximate surface area is 205 Å². The van der Waals surface area contributed by atoms with E-state index in [1.165, 1.54) is 12.1 Å². The van der Waals surface area contributed by atoms with Gasteiger partial charge in [-0.1, -0.05) is 19.1 Å². The Morgan fingerprint density at radius 2 is 1.76 bits per heavy atom. The van der Waals surface area contributed by atoms with Gasteiger partial charge in [-0.05, 0) is 88.3 Å². The average molecular weight is 495 g/mol. The van der Waals surface area contributed by atoms with Crippen molar-refractivity contribution in [2.45, 2.75) is 51.5 Å². The van der Waals surface area contributed by atoms with Crippen LogP contribution in [0.2, 0.25) is 0 Å². The SMILES string of the molecule is CC1CCC(C(=O)N(c2cc(-c3cccc(F)c3)sc2C(=O)O)C2CCN(C)CC2)CC1.Cl. The van der Waals surface area contributed by atoms with Crippen molar-refractivity contribution in [1.29, 1.82) is 0 Å². The van der Waals surface area contributed by atoms with E-state index in [4.69, 9.17) is 0 Å². The number of carbonyl (C=O) groups is 2. The number of rotatable bonds is 5. The van der Waals surface area contributed by atoms with Crippen LogP contribution in [0.15, 0.2) is 30.3 Å². The third kappa shape index (κ3) is 5.76. The predicted octanol–water partition coefficient (Wildman–Crippen LogP) is 5.93. The van der Waals surface area contributed by atoms with E-state index in [9.17, 15) is 19.1 Å². The number of carboxylic acid groups (broad SMARTS) is 1. The summed E-state index contributed by atoms with van der Waals surface area (Å²) in [5.74, 6) is -0.793. The highest BCUT2D eigenvalue weighted by molar-refractivity contribution is 7.18. The number of halogens is 2. The van der Waals surface area contributed by atoms with E-state index in [-0.39, 0.29) is 41.0 Å². The molecule has 1 saturated carbocycles. The van der Waals surface area contributed by atoms with E-state index in [0.717, 1.165) is 63.0 Å². The molecule has 1 saturated heterocycles. The highest BCUT2D eigenvalue weighted by atomic mass is 35.5. The second-order valence-corrected chi connectivity index (χ2v) is 10.4. The third-order valence-electron chi connectivity index (χ3n) is 6.93. The van der Waals surface area contributed by atoms with Gasteiger partial charge < -0.3 is 14.9 Å². The summed E-state index contributed by atoms with van der Waals surface area (Å²) in [7, 11) is 2.07. The maximum Gasteiger partial charge on any atom is 0.348 e. The van der Waals surface area contributed by atoms with Crippen molar-refractivity contribution in [1.82, 2.24) is 4.90 Å². The van der Waals surface area contributed by atoms with Crippen LogP contribution in [0.5, 0.6) is 0 Å². The molecule has 2 heterocycles. The lowest BCUT2D eigenvalue weighted by Gasteiger charge is -2.39. The fourth-order valence-electron chi connectivity index (χ4n) is 4.95. The van der Waals surface area contributed by atoms with E-state index in [0.29, 0.717) is 22.0 Å². The van der Waals surface area contributed by atoms with Crippen LogP contribution in [-0.2, 0) is 4.79 Å². The van der Waals surface area contributed by atoms with Crippen molar-refractivity contribution in [3.63, 3.8) is 0 Å². The second-order valence-electron chi connectivity index (χ2n) is 9.34. The maximum absolute atomic E-state index is 13.8. The summed E-state index contributed by atoms with van der Waals surface area (Å²) in [5, 5.41) is 9.99. The number of carboxylic acids is 1. The van der Waals surface area contributed by atoms with Gasteiger partial charge in [0.15, 0.2) is 0 Å². The van der Waals surface area contributed by atoms with E-state index in [1.807, 2.05) is 0 Å². The lowest BCUT2D eigenvalue weighted by Crippen LogP contribution is -2.49. The van der Waals surface area contributed by atoms with Crippen molar-refractivity contribution in [3.8, 4) is 10.4 Å². The van der Waals surface area contributed by atoms with Crippen molar-refractivity contribution in [3.05, 3.63) is 41.0 Å². The van der Waals surface area contributed by atoms with Gasteiger partial charge >= 0.3 is 5.97 Å². The molecule has 1 aromatic carbocycles. The molecular formula is C25H32ClFN2O3S. The number of hydrogen-bond acceptors (Lipinski definition) is 4. The van der Waals surface area contributed by atoms with E-state index in [2.05, 4.69) is 18.9 Å². The van der Waals surface area contributed by atoms with E-state index in [1.54, 1.807) is 23.1 Å². The number of nitrogens with zero attached hydrogens (tertiary/aromatic N) is 2. The molecule has 2 aliphatic rings. The highest BCUT2D eigenvalue weighted by Crippen LogP contribution is 2.41. The predicted molar refractivity (Wildman–Crippen MR) is 133 cm³/mol. The summed E-state index contributed by atoms with van der Waals surface area (Å²) >= 11 is 1.12. The van der Waals surface area contributed by atoms with Gasteiger partial charge in [0.25, 0.3) is 0 Å². The Balaban J connectivity index is 0.00000306. The van der Waals surface area contributed by atoms with Crippen LogP contribution in [0.25, 0.3) is 10.4 Å². The number of piperidine rings is 1. The van der Waals surface area contributed by atoms with Crippen LogP contribution in [-0.4, -0.2) is 48.1 Å². The Hall–Kier alpha value is -1.96. The first-order valence-corrected chi connectivity index (χ1v) is 12.3. The molecule has 0 radical (unpaired) electrons. The molecule has 2 fully saturated rings. The molecule has 1 aromatic heterocycles. The summed E-state index contributed by atoms with van der Waals surface area (Å²) in [5.41, 5.74) is 1.10. The zero-order chi connectivity index (χ0) is 22.8. The Kier molecular flexibility index (Phi) is 8.54. The molecule has 1 N–H and O–H groups in total. The molecule has 1 amide bonds. The molecular weight excluding hydrogens is 463 g/mol. The van der Waals surface area contributed by atoms with Gasteiger partial charge in [0, 0.05) is 16.8 Å². The van der Waals surface area contributed by atoms with Crippen LogP contribution in [0.3, 0.4) is 0 Å². The Bertz CT molecular complexity index is 982. The number of anilines is 1. The zero-order valence-electron chi connectivity index (χ0n) is 19.1. The first-order chi connectivity index (χ1) is 15.3. The van der Waals surface area contributed by atoms with Crippen LogP contribution < -0.4 is 4.90 Å². The minimum Gasteiger partial charge on any atom is -0.477 e. The second kappa shape index (κ2) is 11.0. The first kappa shape index (κ1) is 25.7. The van der Waals surface area contributed by atoms with Crippen molar-refractivity contribution in [2.24, 2.45) is 11.8 Å². The highest BCUT2D eigenvalue weighted by Gasteiger charge is 2.37. The molecule has 1 aliphatic heterocycles. The van der Waals surface area contributed by atoms with Gasteiger partial charge in [-0.3, -0.25) is 4.79 Å². The Morgan fingerprint density at radius 3 is 2.36 bits per heavy atom. The maximum atomic E-state index is 13.8. The number of carbonyl (C=O) groups excluding carboxylic acids is 1. The van der Waals surface area contributed by atoms with E-state index < -0.39 is 5.97 Å². The number of benzene rings is 1. The van der Waals surface area contributed by atoms with Crippen LogP contribution >= 0.6 is 23.7 Å². The summed E-state index contributed by atoms with van der Waals surface area (Å²) in [6, 6.07) is 7.93. The van der Waals surface area contributed by atoms with Gasteiger partial charge in [0.2, 0.25) is 5.91 Å². The molecule has 0 unspecified atom stereocenters. The monoisotopic (exact) mass is 494 g/mol. The molecule has 8 heteroatoms. The average Bonchev–Trinajstić information content (AvgIpc) is 3.21. The number of thiophene rings is 1. The standard InChI is InChI=1S/C25H31FN2O3S.ClH/c1-16-6-8-17(9-7-16)24(29)28(20-10-12-27(2)13-11-20)21-15-22(32-23(21)25(30)31)18-4-3-5-19(26)14-18;/h3-5,14-17,20H,6-13H2,1-2H3,(H,30,31);1H. The van der Waals surface area contributed by atoms with Gasteiger partial charge in [0.05, 0.1) is 5.69 Å².